The van der Waals surface area contributed by atoms with E-state index in [9.17, 15) is 22.8 Å². The molecular formula is C22H24F3N3O2. The Morgan fingerprint density at radius 1 is 1.10 bits per heavy atom. The van der Waals surface area contributed by atoms with Crippen LogP contribution in [-0.4, -0.2) is 29.9 Å². The van der Waals surface area contributed by atoms with Gasteiger partial charge in [-0.25, -0.2) is 4.79 Å². The second-order valence-corrected chi connectivity index (χ2v) is 7.43. The molecule has 160 valence electrons. The molecule has 2 N–H and O–H groups in total. The first-order valence-corrected chi connectivity index (χ1v) is 9.82. The molecule has 8 heteroatoms. The minimum absolute atomic E-state index is 0.148. The zero-order valence-corrected chi connectivity index (χ0v) is 16.6. The number of hydrogen-bond acceptors (Lipinski definition) is 2. The lowest BCUT2D eigenvalue weighted by molar-refractivity contribution is -0.137. The highest BCUT2D eigenvalue weighted by Gasteiger charge is 2.32. The Balaban J connectivity index is 1.59. The van der Waals surface area contributed by atoms with Crippen LogP contribution >= 0.6 is 0 Å². The third-order valence-corrected chi connectivity index (χ3v) is 5.17. The number of benzene rings is 2. The Labute approximate surface area is 173 Å². The Morgan fingerprint density at radius 2 is 1.83 bits per heavy atom. The summed E-state index contributed by atoms with van der Waals surface area (Å²) in [5.74, 6) is -0.488. The molecule has 0 spiro atoms. The van der Waals surface area contributed by atoms with Gasteiger partial charge in [-0.2, -0.15) is 13.2 Å². The normalized spacial score (nSPS) is 17.9. The molecule has 2 aromatic carbocycles. The molecule has 1 heterocycles. The lowest BCUT2D eigenvalue weighted by atomic mass is 9.97. The fourth-order valence-corrected chi connectivity index (χ4v) is 3.49. The van der Waals surface area contributed by atoms with Gasteiger partial charge in [0.2, 0.25) is 5.91 Å². The van der Waals surface area contributed by atoms with E-state index >= 15 is 0 Å². The van der Waals surface area contributed by atoms with Crippen molar-refractivity contribution in [2.45, 2.75) is 32.0 Å². The maximum absolute atomic E-state index is 12.9. The van der Waals surface area contributed by atoms with Gasteiger partial charge in [-0.05, 0) is 49.6 Å². The van der Waals surface area contributed by atoms with Crippen LogP contribution in [0.1, 0.15) is 36.9 Å². The molecule has 2 aromatic rings. The summed E-state index contributed by atoms with van der Waals surface area (Å²) in [5, 5.41) is 5.60. The summed E-state index contributed by atoms with van der Waals surface area (Å²) in [6.07, 6.45) is -3.09. The first kappa shape index (κ1) is 21.7. The molecule has 0 bridgehead atoms. The summed E-state index contributed by atoms with van der Waals surface area (Å²) in [4.78, 5) is 26.7. The van der Waals surface area contributed by atoms with Crippen LogP contribution in [-0.2, 0) is 11.0 Å². The van der Waals surface area contributed by atoms with Crippen LogP contribution in [0, 0.1) is 5.92 Å². The Kier molecular flexibility index (Phi) is 6.64. The van der Waals surface area contributed by atoms with Crippen LogP contribution in [0.3, 0.4) is 0 Å². The highest BCUT2D eigenvalue weighted by molar-refractivity contribution is 5.93. The van der Waals surface area contributed by atoms with E-state index in [0.29, 0.717) is 30.6 Å². The fourth-order valence-electron chi connectivity index (χ4n) is 3.49. The first-order chi connectivity index (χ1) is 14.2. The number of halogens is 3. The van der Waals surface area contributed by atoms with Crippen molar-refractivity contribution in [1.29, 1.82) is 0 Å². The lowest BCUT2D eigenvalue weighted by Crippen LogP contribution is -2.48. The van der Waals surface area contributed by atoms with E-state index in [4.69, 9.17) is 0 Å². The molecule has 0 saturated carbocycles. The molecule has 0 aliphatic carbocycles. The number of rotatable bonds is 4. The number of alkyl halides is 3. The van der Waals surface area contributed by atoms with Crippen LogP contribution in [0.5, 0.6) is 0 Å². The van der Waals surface area contributed by atoms with Crippen molar-refractivity contribution in [2.75, 3.05) is 18.4 Å². The summed E-state index contributed by atoms with van der Waals surface area (Å²) >= 11 is 0. The topological polar surface area (TPSA) is 61.4 Å². The molecule has 1 saturated heterocycles. The van der Waals surface area contributed by atoms with Crippen molar-refractivity contribution in [3.05, 3.63) is 65.7 Å². The van der Waals surface area contributed by atoms with Gasteiger partial charge in [-0.1, -0.05) is 30.3 Å². The summed E-state index contributed by atoms with van der Waals surface area (Å²) < 4.78 is 38.8. The van der Waals surface area contributed by atoms with Crippen molar-refractivity contribution in [2.24, 2.45) is 5.92 Å². The minimum Gasteiger partial charge on any atom is -0.331 e. The van der Waals surface area contributed by atoms with E-state index in [0.717, 1.165) is 12.1 Å². The summed E-state index contributed by atoms with van der Waals surface area (Å²) in [5.41, 5.74) is 0.313. The first-order valence-electron chi connectivity index (χ1n) is 9.82. The van der Waals surface area contributed by atoms with Gasteiger partial charge in [0, 0.05) is 18.8 Å². The predicted molar refractivity (Wildman–Crippen MR) is 108 cm³/mol. The molecule has 1 fully saturated rings. The van der Waals surface area contributed by atoms with Crippen LogP contribution in [0.25, 0.3) is 0 Å². The molecule has 1 aliphatic heterocycles. The summed E-state index contributed by atoms with van der Waals surface area (Å²) in [7, 11) is 0. The van der Waals surface area contributed by atoms with E-state index in [-0.39, 0.29) is 18.4 Å². The molecule has 3 rings (SSSR count). The van der Waals surface area contributed by atoms with E-state index < -0.39 is 23.8 Å². The number of nitrogens with one attached hydrogen (secondary N) is 2. The molecule has 0 aromatic heterocycles. The number of anilines is 1. The Hall–Kier alpha value is -3.03. The van der Waals surface area contributed by atoms with Gasteiger partial charge in [-0.15, -0.1) is 0 Å². The molecule has 1 aliphatic rings. The Bertz CT molecular complexity index is 887. The van der Waals surface area contributed by atoms with E-state index in [1.807, 2.05) is 18.2 Å². The van der Waals surface area contributed by atoms with Gasteiger partial charge < -0.3 is 15.5 Å². The zero-order valence-electron chi connectivity index (χ0n) is 16.6. The summed E-state index contributed by atoms with van der Waals surface area (Å²) in [6.45, 7) is 2.40. The molecule has 2 unspecified atom stereocenters. The molecule has 0 radical (unpaired) electrons. The quantitative estimate of drug-likeness (QED) is 0.746. The van der Waals surface area contributed by atoms with Crippen LogP contribution < -0.4 is 10.6 Å². The van der Waals surface area contributed by atoms with Gasteiger partial charge in [0.25, 0.3) is 0 Å². The molecule has 2 atom stereocenters. The van der Waals surface area contributed by atoms with E-state index in [1.54, 1.807) is 30.0 Å². The van der Waals surface area contributed by atoms with Crippen molar-refractivity contribution < 1.29 is 22.8 Å². The van der Waals surface area contributed by atoms with Crippen LogP contribution in [0.2, 0.25) is 0 Å². The smallest absolute Gasteiger partial charge is 0.331 e. The average Bonchev–Trinajstić information content (AvgIpc) is 2.74. The number of urea groups is 1. The summed E-state index contributed by atoms with van der Waals surface area (Å²) in [6, 6.07) is 13.0. The highest BCUT2D eigenvalue weighted by atomic mass is 19.4. The monoisotopic (exact) mass is 419 g/mol. The van der Waals surface area contributed by atoms with Gasteiger partial charge in [0.15, 0.2) is 0 Å². The van der Waals surface area contributed by atoms with Crippen molar-refractivity contribution in [3.63, 3.8) is 0 Å². The Morgan fingerprint density at radius 3 is 2.53 bits per heavy atom. The lowest BCUT2D eigenvalue weighted by Gasteiger charge is -2.33. The van der Waals surface area contributed by atoms with Gasteiger partial charge in [-0.3, -0.25) is 4.79 Å². The fraction of sp³-hybridized carbons (Fsp3) is 0.364. The number of piperidine rings is 1. The number of carbonyl (C=O) groups is 2. The molecule has 3 amide bonds. The largest absolute Gasteiger partial charge is 0.416 e. The van der Waals surface area contributed by atoms with Gasteiger partial charge in [0.1, 0.15) is 0 Å². The third kappa shape index (κ3) is 5.52. The maximum Gasteiger partial charge on any atom is 0.416 e. The number of likely N-dealkylation sites (tertiary alicyclic amines) is 1. The van der Waals surface area contributed by atoms with Gasteiger partial charge in [0.05, 0.1) is 17.5 Å². The van der Waals surface area contributed by atoms with Crippen molar-refractivity contribution in [3.8, 4) is 0 Å². The van der Waals surface area contributed by atoms with Crippen molar-refractivity contribution >= 4 is 17.6 Å². The van der Waals surface area contributed by atoms with Crippen LogP contribution in [0.15, 0.2) is 54.6 Å². The second kappa shape index (κ2) is 9.19. The molecule has 5 nitrogen and oxygen atoms in total. The van der Waals surface area contributed by atoms with E-state index in [2.05, 4.69) is 10.6 Å². The number of carbonyl (C=O) groups excluding carboxylic acids is 2. The average molecular weight is 419 g/mol. The van der Waals surface area contributed by atoms with Crippen LogP contribution in [0.4, 0.5) is 23.7 Å². The van der Waals surface area contributed by atoms with E-state index in [1.165, 1.54) is 6.07 Å². The molecule has 30 heavy (non-hydrogen) atoms. The minimum atomic E-state index is -4.44. The predicted octanol–water partition coefficient (Wildman–Crippen LogP) is 4.83. The number of para-hydroxylation sites is 1. The zero-order chi connectivity index (χ0) is 21.7. The standard InChI is InChI=1S/C22H24F3N3O2/c1-15(16-7-5-9-18(13-16)22(23,24)25)26-21(30)28-12-6-8-17(14-28)20(29)27-19-10-3-2-4-11-19/h2-5,7,9-11,13,15,17H,6,8,12,14H2,1H3,(H,26,30)(H,27,29). The molecular weight excluding hydrogens is 395 g/mol. The SMILES string of the molecule is CC(NC(=O)N1CCCC(C(=O)Nc2ccccc2)C1)c1cccc(C(F)(F)F)c1. The number of nitrogens with zero attached hydrogens (tertiary/aromatic N) is 1. The maximum atomic E-state index is 12.9. The highest BCUT2D eigenvalue weighted by Crippen LogP contribution is 2.30. The number of amides is 3. The van der Waals surface area contributed by atoms with Gasteiger partial charge >= 0.3 is 12.2 Å². The third-order valence-electron chi connectivity index (χ3n) is 5.17. The second-order valence-electron chi connectivity index (χ2n) is 7.43. The van der Waals surface area contributed by atoms with Crippen molar-refractivity contribution in [1.82, 2.24) is 10.2 Å². The number of hydrogen-bond donors (Lipinski definition) is 2.